The molecule has 0 bridgehead atoms. The Morgan fingerprint density at radius 3 is 2.83 bits per heavy atom. The topological polar surface area (TPSA) is 133 Å². The summed E-state index contributed by atoms with van der Waals surface area (Å²) in [5.74, 6) is 1.05. The van der Waals surface area contributed by atoms with Gasteiger partial charge in [0.2, 0.25) is 0 Å². The van der Waals surface area contributed by atoms with Crippen LogP contribution >= 0.6 is 0 Å². The highest BCUT2D eigenvalue weighted by Crippen LogP contribution is 2.29. The van der Waals surface area contributed by atoms with Crippen molar-refractivity contribution in [1.82, 2.24) is 30.4 Å². The van der Waals surface area contributed by atoms with Gasteiger partial charge in [-0.1, -0.05) is 24.3 Å². The molecule has 0 aliphatic carbocycles. The monoisotopic (exact) mass is 461 g/mol. The summed E-state index contributed by atoms with van der Waals surface area (Å²) in [6, 6.07) is 14.8. The quantitative estimate of drug-likeness (QED) is 0.309. The summed E-state index contributed by atoms with van der Waals surface area (Å²) in [6.45, 7) is 0. The van der Waals surface area contributed by atoms with E-state index in [1.54, 1.807) is 18.5 Å². The van der Waals surface area contributed by atoms with E-state index in [0.29, 0.717) is 17.3 Å². The molecule has 170 valence electrons. The predicted octanol–water partition coefficient (Wildman–Crippen LogP) is 4.00. The van der Waals surface area contributed by atoms with Crippen molar-refractivity contribution in [2.45, 2.75) is 6.04 Å². The lowest BCUT2D eigenvalue weighted by atomic mass is 10.0. The second kappa shape index (κ2) is 8.67. The van der Waals surface area contributed by atoms with Crippen LogP contribution in [0.4, 0.5) is 22.9 Å². The molecule has 4 N–H and O–H groups in total. The average Bonchev–Trinajstić information content (AvgIpc) is 3.37. The van der Waals surface area contributed by atoms with Crippen molar-refractivity contribution in [2.75, 3.05) is 16.0 Å². The molecule has 4 heterocycles. The first kappa shape index (κ1) is 20.5. The van der Waals surface area contributed by atoms with Gasteiger partial charge in [0.15, 0.2) is 5.82 Å². The lowest BCUT2D eigenvalue weighted by molar-refractivity contribution is -0.116. The van der Waals surface area contributed by atoms with E-state index in [1.165, 1.54) is 12.4 Å². The molecule has 10 nitrogen and oxygen atoms in total. The number of hydrogen-bond donors (Lipinski definition) is 4. The summed E-state index contributed by atoms with van der Waals surface area (Å²) >= 11 is 0. The number of nitrogens with zero attached hydrogens (tertiary/aromatic N) is 5. The Kier molecular flexibility index (Phi) is 5.08. The zero-order valence-electron chi connectivity index (χ0n) is 18.3. The maximum absolute atomic E-state index is 12.7. The molecular weight excluding hydrogens is 442 g/mol. The molecule has 2 aromatic carbocycles. The van der Waals surface area contributed by atoms with Gasteiger partial charge in [0, 0.05) is 28.5 Å². The Morgan fingerprint density at radius 2 is 1.91 bits per heavy atom. The molecule has 1 atom stereocenters. The van der Waals surface area contributed by atoms with E-state index in [9.17, 15) is 4.79 Å². The first-order chi connectivity index (χ1) is 17.2. The van der Waals surface area contributed by atoms with Crippen molar-refractivity contribution in [1.29, 1.82) is 0 Å². The fourth-order valence-electron chi connectivity index (χ4n) is 3.85. The lowest BCUT2D eigenvalue weighted by Gasteiger charge is -2.22. The van der Waals surface area contributed by atoms with Gasteiger partial charge in [-0.2, -0.15) is 15.3 Å². The number of carbonyl (C=O) groups is 1. The maximum Gasteiger partial charge on any atom is 0.250 e. The fraction of sp³-hybridized carbons (Fsp3) is 0.0400. The SMILES string of the molecule is O=C(Nc1ccnnc1)C1C=Cc2ccc(-c3nccc(Nc4ccc5[nH]ncc5c4)n3)cc2N1. The molecular formula is C25H19N9O. The van der Waals surface area contributed by atoms with E-state index in [0.717, 1.165) is 33.4 Å². The van der Waals surface area contributed by atoms with Crippen molar-refractivity contribution in [3.8, 4) is 11.4 Å². The Bertz CT molecular complexity index is 1560. The molecule has 0 spiro atoms. The molecule has 1 aliphatic heterocycles. The van der Waals surface area contributed by atoms with Crippen molar-refractivity contribution in [3.05, 3.63) is 85.0 Å². The van der Waals surface area contributed by atoms with Crippen LogP contribution in [0.3, 0.4) is 0 Å². The van der Waals surface area contributed by atoms with E-state index in [2.05, 4.69) is 46.3 Å². The van der Waals surface area contributed by atoms with Crippen LogP contribution < -0.4 is 16.0 Å². The summed E-state index contributed by atoms with van der Waals surface area (Å²) in [5, 5.41) is 25.0. The largest absolute Gasteiger partial charge is 0.370 e. The average molecular weight is 461 g/mol. The third kappa shape index (κ3) is 4.27. The number of aromatic nitrogens is 6. The highest BCUT2D eigenvalue weighted by molar-refractivity contribution is 6.00. The molecule has 0 saturated heterocycles. The minimum atomic E-state index is -0.530. The number of hydrogen-bond acceptors (Lipinski definition) is 8. The van der Waals surface area contributed by atoms with Crippen LogP contribution in [0.2, 0.25) is 0 Å². The molecule has 10 heteroatoms. The smallest absolute Gasteiger partial charge is 0.250 e. The van der Waals surface area contributed by atoms with Crippen LogP contribution in [0.5, 0.6) is 0 Å². The normalized spacial score (nSPS) is 14.2. The summed E-state index contributed by atoms with van der Waals surface area (Å²) in [5.41, 5.74) is 5.09. The number of anilines is 4. The molecule has 6 rings (SSSR count). The van der Waals surface area contributed by atoms with Gasteiger partial charge in [-0.15, -0.1) is 0 Å². The number of amides is 1. The van der Waals surface area contributed by atoms with Gasteiger partial charge in [-0.05, 0) is 42.0 Å². The number of fused-ring (bicyclic) bond motifs is 2. The lowest BCUT2D eigenvalue weighted by Crippen LogP contribution is -2.34. The minimum Gasteiger partial charge on any atom is -0.370 e. The summed E-state index contributed by atoms with van der Waals surface area (Å²) in [7, 11) is 0. The molecule has 0 saturated carbocycles. The van der Waals surface area contributed by atoms with Gasteiger partial charge >= 0.3 is 0 Å². The van der Waals surface area contributed by atoms with E-state index >= 15 is 0 Å². The van der Waals surface area contributed by atoms with Gasteiger partial charge in [-0.25, -0.2) is 9.97 Å². The predicted molar refractivity (Wildman–Crippen MR) is 134 cm³/mol. The number of rotatable bonds is 5. The third-order valence-electron chi connectivity index (χ3n) is 5.59. The molecule has 3 aromatic heterocycles. The molecule has 1 amide bonds. The number of aromatic amines is 1. The zero-order valence-corrected chi connectivity index (χ0v) is 18.3. The maximum atomic E-state index is 12.7. The van der Waals surface area contributed by atoms with Crippen LogP contribution in [0.15, 0.2) is 79.4 Å². The van der Waals surface area contributed by atoms with Gasteiger partial charge in [0.1, 0.15) is 11.9 Å². The van der Waals surface area contributed by atoms with Crippen LogP contribution in [-0.4, -0.2) is 42.3 Å². The van der Waals surface area contributed by atoms with Crippen LogP contribution in [0.1, 0.15) is 5.56 Å². The van der Waals surface area contributed by atoms with Crippen molar-refractivity contribution >= 4 is 45.8 Å². The Balaban J connectivity index is 1.21. The molecule has 0 radical (unpaired) electrons. The first-order valence-electron chi connectivity index (χ1n) is 10.9. The molecule has 0 fully saturated rings. The fourth-order valence-corrected chi connectivity index (χ4v) is 3.85. The van der Waals surface area contributed by atoms with Gasteiger partial charge in [0.05, 0.1) is 29.8 Å². The van der Waals surface area contributed by atoms with E-state index < -0.39 is 6.04 Å². The molecule has 35 heavy (non-hydrogen) atoms. The van der Waals surface area contributed by atoms with Crippen LogP contribution in [0, 0.1) is 0 Å². The van der Waals surface area contributed by atoms with Crippen molar-refractivity contribution in [2.24, 2.45) is 0 Å². The van der Waals surface area contributed by atoms with Gasteiger partial charge in [0.25, 0.3) is 5.91 Å². The van der Waals surface area contributed by atoms with E-state index in [1.807, 2.05) is 54.6 Å². The zero-order chi connectivity index (χ0) is 23.6. The number of benzene rings is 2. The van der Waals surface area contributed by atoms with Crippen molar-refractivity contribution < 1.29 is 4.79 Å². The highest BCUT2D eigenvalue weighted by Gasteiger charge is 2.20. The second-order valence-corrected chi connectivity index (χ2v) is 7.97. The minimum absolute atomic E-state index is 0.192. The van der Waals surface area contributed by atoms with E-state index in [4.69, 9.17) is 0 Å². The van der Waals surface area contributed by atoms with Gasteiger partial charge in [-0.3, -0.25) is 9.89 Å². The van der Waals surface area contributed by atoms with Crippen molar-refractivity contribution in [3.63, 3.8) is 0 Å². The van der Waals surface area contributed by atoms with Gasteiger partial charge < -0.3 is 16.0 Å². The Hall–Kier alpha value is -5.12. The standard InChI is InChI=1S/C25H19N9O/c35-25(31-19-7-10-27-28-14-19)21-5-3-15-1-2-16(12-22(15)32-21)24-26-9-8-23(33-24)30-18-4-6-20-17(11-18)13-29-34-20/h1-14,21,32H,(H,29,34)(H,26,30,33)(H,27,31,35). The first-order valence-corrected chi connectivity index (χ1v) is 10.9. The van der Waals surface area contributed by atoms with E-state index in [-0.39, 0.29) is 5.91 Å². The molecule has 5 aromatic rings. The van der Waals surface area contributed by atoms with Crippen LogP contribution in [0.25, 0.3) is 28.4 Å². The number of carbonyl (C=O) groups excluding carboxylic acids is 1. The summed E-state index contributed by atoms with van der Waals surface area (Å²) in [4.78, 5) is 21.8. The number of H-pyrrole nitrogens is 1. The summed E-state index contributed by atoms with van der Waals surface area (Å²) < 4.78 is 0. The number of nitrogens with one attached hydrogen (secondary N) is 4. The molecule has 1 unspecified atom stereocenters. The second-order valence-electron chi connectivity index (χ2n) is 7.97. The Labute approximate surface area is 199 Å². The van der Waals surface area contributed by atoms with Crippen LogP contribution in [-0.2, 0) is 4.79 Å². The highest BCUT2D eigenvalue weighted by atomic mass is 16.2. The summed E-state index contributed by atoms with van der Waals surface area (Å²) in [6.07, 6.45) is 10.3. The third-order valence-corrected chi connectivity index (χ3v) is 5.59. The molecule has 1 aliphatic rings. The Morgan fingerprint density at radius 1 is 0.943 bits per heavy atom.